The largest absolute Gasteiger partial charge is 0.437 e. The van der Waals surface area contributed by atoms with Crippen LogP contribution in [0.3, 0.4) is 0 Å². The van der Waals surface area contributed by atoms with Crippen molar-refractivity contribution in [2.45, 2.75) is 13.8 Å². The van der Waals surface area contributed by atoms with Gasteiger partial charge in [-0.2, -0.15) is 0 Å². The summed E-state index contributed by atoms with van der Waals surface area (Å²) in [6.45, 7) is 3.97. The molecule has 3 N–H and O–H groups in total. The van der Waals surface area contributed by atoms with E-state index < -0.39 is 0 Å². The van der Waals surface area contributed by atoms with Crippen molar-refractivity contribution in [2.75, 3.05) is 0 Å². The number of nitrogens with zero attached hydrogens (tertiary/aromatic N) is 1. The summed E-state index contributed by atoms with van der Waals surface area (Å²) in [5, 5.41) is 7.69. The first-order chi connectivity index (χ1) is 9.00. The molecule has 2 rings (SSSR count). The van der Waals surface area contributed by atoms with Crippen molar-refractivity contribution in [3.63, 3.8) is 0 Å². The number of hydrogen-bond acceptors (Lipinski definition) is 3. The molecular formula is C14H14ClN3O. The van der Waals surface area contributed by atoms with E-state index in [1.165, 1.54) is 6.20 Å². The Labute approximate surface area is 116 Å². The van der Waals surface area contributed by atoms with Crippen LogP contribution in [-0.4, -0.2) is 10.8 Å². The molecule has 2 aromatic rings. The number of nitrogens with two attached hydrogens (primary N) is 1. The molecule has 0 aliphatic carbocycles. The standard InChI is InChI=1S/C14H14ClN3O/c1-8-4-3-5-11(9(8)2)19-14-12(15)10(13(16)17)6-7-18-14/h3-7H,1-2H3,(H3,16,17). The second-order valence-corrected chi connectivity index (χ2v) is 4.57. The van der Waals surface area contributed by atoms with E-state index in [0.29, 0.717) is 11.3 Å². The molecular weight excluding hydrogens is 262 g/mol. The van der Waals surface area contributed by atoms with E-state index in [1.807, 2.05) is 32.0 Å². The lowest BCUT2D eigenvalue weighted by molar-refractivity contribution is 0.459. The summed E-state index contributed by atoms with van der Waals surface area (Å²) in [6.07, 6.45) is 1.52. The highest BCUT2D eigenvalue weighted by Gasteiger charge is 2.13. The minimum atomic E-state index is -0.113. The maximum absolute atomic E-state index is 7.44. The van der Waals surface area contributed by atoms with Crippen LogP contribution in [0, 0.1) is 19.3 Å². The number of rotatable bonds is 3. The van der Waals surface area contributed by atoms with Crippen LogP contribution in [0.15, 0.2) is 30.5 Å². The molecule has 98 valence electrons. The summed E-state index contributed by atoms with van der Waals surface area (Å²) in [5.41, 5.74) is 8.00. The second-order valence-electron chi connectivity index (χ2n) is 4.19. The molecule has 19 heavy (non-hydrogen) atoms. The summed E-state index contributed by atoms with van der Waals surface area (Å²) in [7, 11) is 0. The van der Waals surface area contributed by atoms with Gasteiger partial charge in [0.1, 0.15) is 16.6 Å². The van der Waals surface area contributed by atoms with Crippen LogP contribution < -0.4 is 10.5 Å². The maximum atomic E-state index is 7.44. The second kappa shape index (κ2) is 5.28. The highest BCUT2D eigenvalue weighted by atomic mass is 35.5. The van der Waals surface area contributed by atoms with E-state index in [-0.39, 0.29) is 16.7 Å². The van der Waals surface area contributed by atoms with E-state index in [2.05, 4.69) is 4.98 Å². The number of nitrogens with one attached hydrogen (secondary N) is 1. The highest BCUT2D eigenvalue weighted by Crippen LogP contribution is 2.31. The number of aryl methyl sites for hydroxylation is 1. The van der Waals surface area contributed by atoms with Crippen LogP contribution >= 0.6 is 11.6 Å². The smallest absolute Gasteiger partial charge is 0.238 e. The molecule has 0 spiro atoms. The summed E-state index contributed by atoms with van der Waals surface area (Å²) < 4.78 is 5.72. The molecule has 5 heteroatoms. The molecule has 1 aromatic carbocycles. The lowest BCUT2D eigenvalue weighted by Crippen LogP contribution is -2.12. The van der Waals surface area contributed by atoms with Crippen molar-refractivity contribution in [3.05, 3.63) is 52.2 Å². The molecule has 0 bridgehead atoms. The number of nitrogen functional groups attached to an aromatic ring is 1. The van der Waals surface area contributed by atoms with Gasteiger partial charge in [0.15, 0.2) is 0 Å². The zero-order valence-electron chi connectivity index (χ0n) is 10.7. The Morgan fingerprint density at radius 2 is 2.05 bits per heavy atom. The van der Waals surface area contributed by atoms with Crippen molar-refractivity contribution < 1.29 is 4.74 Å². The predicted molar refractivity (Wildman–Crippen MR) is 76.3 cm³/mol. The average molecular weight is 276 g/mol. The molecule has 0 unspecified atom stereocenters. The Bertz CT molecular complexity index is 641. The SMILES string of the molecule is Cc1cccc(Oc2nccc(C(=N)N)c2Cl)c1C. The Kier molecular flexibility index (Phi) is 3.71. The van der Waals surface area contributed by atoms with Gasteiger partial charge in [-0.1, -0.05) is 23.7 Å². The van der Waals surface area contributed by atoms with Gasteiger partial charge in [0.25, 0.3) is 0 Å². The minimum absolute atomic E-state index is 0.113. The number of hydrogen-bond donors (Lipinski definition) is 2. The molecule has 0 saturated carbocycles. The number of pyridine rings is 1. The van der Waals surface area contributed by atoms with Gasteiger partial charge in [-0.15, -0.1) is 0 Å². The van der Waals surface area contributed by atoms with E-state index >= 15 is 0 Å². The summed E-state index contributed by atoms with van der Waals surface area (Å²) in [5.74, 6) is 0.830. The zero-order chi connectivity index (χ0) is 14.0. The third-order valence-electron chi connectivity index (χ3n) is 2.91. The minimum Gasteiger partial charge on any atom is -0.437 e. The molecule has 0 aliphatic heterocycles. The van der Waals surface area contributed by atoms with E-state index in [0.717, 1.165) is 11.1 Å². The fourth-order valence-corrected chi connectivity index (χ4v) is 1.89. The van der Waals surface area contributed by atoms with Crippen LogP contribution in [0.2, 0.25) is 5.02 Å². The molecule has 0 amide bonds. The molecule has 1 heterocycles. The van der Waals surface area contributed by atoms with Crippen LogP contribution in [0.4, 0.5) is 0 Å². The highest BCUT2D eigenvalue weighted by molar-refractivity contribution is 6.35. The fourth-order valence-electron chi connectivity index (χ4n) is 1.64. The van der Waals surface area contributed by atoms with Crippen LogP contribution in [0.25, 0.3) is 0 Å². The Hall–Kier alpha value is -2.07. The summed E-state index contributed by atoms with van der Waals surface area (Å²) >= 11 is 6.14. The Balaban J connectivity index is 2.42. The number of halogens is 1. The van der Waals surface area contributed by atoms with Gasteiger partial charge in [0.2, 0.25) is 5.88 Å². The van der Waals surface area contributed by atoms with E-state index in [9.17, 15) is 0 Å². The van der Waals surface area contributed by atoms with Gasteiger partial charge in [0.05, 0.1) is 0 Å². The maximum Gasteiger partial charge on any atom is 0.238 e. The van der Waals surface area contributed by atoms with Crippen molar-refractivity contribution in [3.8, 4) is 11.6 Å². The van der Waals surface area contributed by atoms with Crippen LogP contribution in [0.1, 0.15) is 16.7 Å². The lowest BCUT2D eigenvalue weighted by atomic mass is 10.1. The van der Waals surface area contributed by atoms with Gasteiger partial charge >= 0.3 is 0 Å². The number of ether oxygens (including phenoxy) is 1. The molecule has 0 atom stereocenters. The third kappa shape index (κ3) is 2.69. The van der Waals surface area contributed by atoms with Crippen LogP contribution in [0.5, 0.6) is 11.6 Å². The number of aromatic nitrogens is 1. The lowest BCUT2D eigenvalue weighted by Gasteiger charge is -2.12. The first-order valence-electron chi connectivity index (χ1n) is 5.73. The fraction of sp³-hybridized carbons (Fsp3) is 0.143. The monoisotopic (exact) mass is 275 g/mol. The topological polar surface area (TPSA) is 72.0 Å². The zero-order valence-corrected chi connectivity index (χ0v) is 11.5. The average Bonchev–Trinajstić information content (AvgIpc) is 2.37. The number of amidine groups is 1. The van der Waals surface area contributed by atoms with Crippen molar-refractivity contribution in [1.82, 2.24) is 4.98 Å². The van der Waals surface area contributed by atoms with Crippen molar-refractivity contribution in [1.29, 1.82) is 5.41 Å². The summed E-state index contributed by atoms with van der Waals surface area (Å²) in [4.78, 5) is 4.08. The van der Waals surface area contributed by atoms with Gasteiger partial charge in [-0.25, -0.2) is 4.98 Å². The van der Waals surface area contributed by atoms with Crippen LogP contribution in [-0.2, 0) is 0 Å². The number of benzene rings is 1. The predicted octanol–water partition coefficient (Wildman–Crippen LogP) is 3.43. The van der Waals surface area contributed by atoms with E-state index in [1.54, 1.807) is 6.07 Å². The van der Waals surface area contributed by atoms with E-state index in [4.69, 9.17) is 27.5 Å². The van der Waals surface area contributed by atoms with Crippen molar-refractivity contribution >= 4 is 17.4 Å². The molecule has 0 radical (unpaired) electrons. The van der Waals surface area contributed by atoms with Gasteiger partial charge < -0.3 is 10.5 Å². The van der Waals surface area contributed by atoms with Gasteiger partial charge in [-0.05, 0) is 37.1 Å². The molecule has 1 aromatic heterocycles. The third-order valence-corrected chi connectivity index (χ3v) is 3.27. The van der Waals surface area contributed by atoms with Gasteiger partial charge in [0, 0.05) is 11.8 Å². The first kappa shape index (κ1) is 13.4. The molecule has 4 nitrogen and oxygen atoms in total. The Morgan fingerprint density at radius 1 is 1.32 bits per heavy atom. The molecule has 0 saturated heterocycles. The first-order valence-corrected chi connectivity index (χ1v) is 6.11. The van der Waals surface area contributed by atoms with Crippen molar-refractivity contribution in [2.24, 2.45) is 5.73 Å². The molecule has 0 fully saturated rings. The Morgan fingerprint density at radius 3 is 2.74 bits per heavy atom. The quantitative estimate of drug-likeness (QED) is 0.666. The normalized spacial score (nSPS) is 10.3. The van der Waals surface area contributed by atoms with Gasteiger partial charge in [-0.3, -0.25) is 5.41 Å². The summed E-state index contributed by atoms with van der Waals surface area (Å²) in [6, 6.07) is 7.34. The molecule has 0 aliphatic rings.